The van der Waals surface area contributed by atoms with E-state index in [1.165, 1.54) is 7.11 Å². The quantitative estimate of drug-likeness (QED) is 0.685. The minimum atomic E-state index is -0.538. The minimum absolute atomic E-state index is 0.172. The van der Waals surface area contributed by atoms with Gasteiger partial charge in [-0.15, -0.1) is 0 Å². The molecule has 1 amide bonds. The van der Waals surface area contributed by atoms with Crippen molar-refractivity contribution in [1.82, 2.24) is 15.3 Å². The molecule has 0 saturated carbocycles. The van der Waals surface area contributed by atoms with Gasteiger partial charge in [0, 0.05) is 18.6 Å². The first-order valence-electron chi connectivity index (χ1n) is 9.40. The molecule has 8 nitrogen and oxygen atoms in total. The Balaban J connectivity index is 0.00000190. The number of nitrogens with one attached hydrogen (secondary N) is 1. The van der Waals surface area contributed by atoms with Crippen molar-refractivity contribution < 1.29 is 19.1 Å². The molecular formula is C19H31BrN4O4. The molecule has 1 saturated heterocycles. The Morgan fingerprint density at radius 2 is 1.82 bits per heavy atom. The van der Waals surface area contributed by atoms with Crippen LogP contribution in [0.1, 0.15) is 64.9 Å². The van der Waals surface area contributed by atoms with Crippen LogP contribution in [0.5, 0.6) is 0 Å². The summed E-state index contributed by atoms with van der Waals surface area (Å²) in [7, 11) is 1.31. The summed E-state index contributed by atoms with van der Waals surface area (Å²) in [5.41, 5.74) is -0.748. The summed E-state index contributed by atoms with van der Waals surface area (Å²) in [5.74, 6) is -0.0478. The largest absolute Gasteiger partial charge is 0.464 e. The molecule has 1 aromatic heterocycles. The minimum Gasteiger partial charge on any atom is -0.464 e. The van der Waals surface area contributed by atoms with E-state index in [2.05, 4.69) is 31.2 Å². The second kappa shape index (κ2) is 10.0. The van der Waals surface area contributed by atoms with Crippen LogP contribution in [0.25, 0.3) is 0 Å². The van der Waals surface area contributed by atoms with E-state index < -0.39 is 17.7 Å². The van der Waals surface area contributed by atoms with Crippen LogP contribution < -0.4 is 10.2 Å². The maximum absolute atomic E-state index is 12.1. The van der Waals surface area contributed by atoms with Gasteiger partial charge in [-0.1, -0.05) is 13.8 Å². The van der Waals surface area contributed by atoms with E-state index in [9.17, 15) is 9.59 Å². The average molecular weight is 459 g/mol. The smallest absolute Gasteiger partial charge is 0.408 e. The van der Waals surface area contributed by atoms with Crippen molar-refractivity contribution in [1.29, 1.82) is 0 Å². The number of rotatable bonds is 3. The molecule has 0 bridgehead atoms. The molecule has 1 aliphatic rings. The van der Waals surface area contributed by atoms with E-state index in [0.717, 1.165) is 0 Å². The van der Waals surface area contributed by atoms with Gasteiger partial charge in [0.15, 0.2) is 11.5 Å². The van der Waals surface area contributed by atoms with Crippen molar-refractivity contribution in [3.05, 3.63) is 16.5 Å². The molecule has 0 spiro atoms. The number of carbonyl (C=O) groups is 2. The van der Waals surface area contributed by atoms with Crippen molar-refractivity contribution in [3.63, 3.8) is 0 Å². The fourth-order valence-electron chi connectivity index (χ4n) is 2.71. The van der Waals surface area contributed by atoms with Crippen LogP contribution in [-0.4, -0.2) is 53.4 Å². The van der Waals surface area contributed by atoms with Gasteiger partial charge in [0.1, 0.15) is 10.2 Å². The highest BCUT2D eigenvalue weighted by Crippen LogP contribution is 2.28. The molecule has 1 N–H and O–H groups in total. The molecular weight excluding hydrogens is 428 g/mol. The molecule has 0 unspecified atom stereocenters. The summed E-state index contributed by atoms with van der Waals surface area (Å²) in [4.78, 5) is 34.6. The first kappa shape index (κ1) is 24.1. The number of hydrogen-bond acceptors (Lipinski definition) is 7. The molecule has 1 fully saturated rings. The topological polar surface area (TPSA) is 93.6 Å². The molecule has 2 rings (SSSR count). The van der Waals surface area contributed by atoms with E-state index >= 15 is 0 Å². The summed E-state index contributed by atoms with van der Waals surface area (Å²) < 4.78 is 10.6. The molecule has 0 aliphatic carbocycles. The summed E-state index contributed by atoms with van der Waals surface area (Å²) in [6, 6.07) is 0. The molecule has 0 radical (unpaired) electrons. The molecule has 28 heavy (non-hydrogen) atoms. The number of nitrogens with zero attached hydrogens (tertiary/aromatic N) is 3. The van der Waals surface area contributed by atoms with Gasteiger partial charge in [0.25, 0.3) is 0 Å². The molecule has 1 aromatic rings. The first-order valence-corrected chi connectivity index (χ1v) is 10.2. The number of methoxy groups -OCH3 is 1. The second-order valence-electron chi connectivity index (χ2n) is 7.53. The van der Waals surface area contributed by atoms with E-state index in [4.69, 9.17) is 9.47 Å². The predicted molar refractivity (Wildman–Crippen MR) is 112 cm³/mol. The lowest BCUT2D eigenvalue weighted by Crippen LogP contribution is -2.54. The molecule has 1 aliphatic heterocycles. The zero-order chi connectivity index (χ0) is 21.5. The number of halogens is 1. The van der Waals surface area contributed by atoms with Crippen molar-refractivity contribution in [2.24, 2.45) is 0 Å². The van der Waals surface area contributed by atoms with Crippen molar-refractivity contribution in [2.45, 2.75) is 65.5 Å². The van der Waals surface area contributed by atoms with Crippen molar-refractivity contribution in [3.8, 4) is 0 Å². The number of anilines is 1. The van der Waals surface area contributed by atoms with Crippen LogP contribution in [0.4, 0.5) is 10.6 Å². The van der Waals surface area contributed by atoms with Crippen LogP contribution in [0.2, 0.25) is 0 Å². The SMILES string of the molecule is CC.COC(=O)c1nc(Br)cnc1N1CCC(C)(NC(=O)OC(C)(C)C)CC1. The fourth-order valence-corrected chi connectivity index (χ4v) is 2.99. The van der Waals surface area contributed by atoms with E-state index in [0.29, 0.717) is 36.4 Å². The van der Waals surface area contributed by atoms with Crippen LogP contribution in [-0.2, 0) is 9.47 Å². The van der Waals surface area contributed by atoms with Crippen LogP contribution in [0, 0.1) is 0 Å². The van der Waals surface area contributed by atoms with Gasteiger partial charge in [-0.25, -0.2) is 19.6 Å². The second-order valence-corrected chi connectivity index (χ2v) is 8.34. The Morgan fingerprint density at radius 3 is 2.32 bits per heavy atom. The first-order chi connectivity index (χ1) is 13.0. The Bertz CT molecular complexity index is 683. The third-order valence-corrected chi connectivity index (χ3v) is 4.45. The summed E-state index contributed by atoms with van der Waals surface area (Å²) in [5, 5.41) is 2.96. The highest BCUT2D eigenvalue weighted by atomic mass is 79.9. The predicted octanol–water partition coefficient (Wildman–Crippen LogP) is 3.94. The Hall–Kier alpha value is -1.90. The Labute approximate surface area is 175 Å². The van der Waals surface area contributed by atoms with Crippen LogP contribution in [0.15, 0.2) is 10.8 Å². The standard InChI is InChI=1S/C17H25BrN4O4.C2H6/c1-16(2,3)26-15(24)21-17(4)6-8-22(9-7-17)13-12(14(23)25-5)20-11(18)10-19-13;1-2/h10H,6-9H2,1-5H3,(H,21,24);1-2H3. The highest BCUT2D eigenvalue weighted by Gasteiger charge is 2.35. The number of amides is 1. The van der Waals surface area contributed by atoms with Gasteiger partial charge in [0.05, 0.1) is 13.3 Å². The van der Waals surface area contributed by atoms with Gasteiger partial charge in [-0.2, -0.15) is 0 Å². The number of aromatic nitrogens is 2. The Morgan fingerprint density at radius 1 is 1.25 bits per heavy atom. The van der Waals surface area contributed by atoms with Gasteiger partial charge in [-0.05, 0) is 56.5 Å². The number of alkyl carbamates (subject to hydrolysis) is 1. The third kappa shape index (κ3) is 6.92. The average Bonchev–Trinajstić information content (AvgIpc) is 2.61. The fraction of sp³-hybridized carbons (Fsp3) is 0.684. The number of ether oxygens (including phenoxy) is 2. The lowest BCUT2D eigenvalue weighted by Gasteiger charge is -2.40. The van der Waals surface area contributed by atoms with Gasteiger partial charge >= 0.3 is 12.1 Å². The van der Waals surface area contributed by atoms with Crippen molar-refractivity contribution >= 4 is 33.8 Å². The zero-order valence-corrected chi connectivity index (χ0v) is 19.3. The monoisotopic (exact) mass is 458 g/mol. The maximum Gasteiger partial charge on any atom is 0.408 e. The lowest BCUT2D eigenvalue weighted by atomic mass is 9.89. The van der Waals surface area contributed by atoms with Gasteiger partial charge in [-0.3, -0.25) is 0 Å². The number of esters is 1. The van der Waals surface area contributed by atoms with E-state index in [1.54, 1.807) is 6.20 Å². The molecule has 0 atom stereocenters. The number of hydrogen-bond donors (Lipinski definition) is 1. The molecule has 9 heteroatoms. The van der Waals surface area contributed by atoms with Crippen molar-refractivity contribution in [2.75, 3.05) is 25.1 Å². The summed E-state index contributed by atoms with van der Waals surface area (Å²) >= 11 is 3.23. The van der Waals surface area contributed by atoms with Crippen LogP contribution in [0.3, 0.4) is 0 Å². The lowest BCUT2D eigenvalue weighted by molar-refractivity contribution is 0.0448. The normalized spacial score (nSPS) is 15.8. The summed E-state index contributed by atoms with van der Waals surface area (Å²) in [6.07, 6.45) is 2.50. The molecule has 158 valence electrons. The van der Waals surface area contributed by atoms with Gasteiger partial charge in [0.2, 0.25) is 0 Å². The number of piperidine rings is 1. The summed E-state index contributed by atoms with van der Waals surface area (Å²) in [6.45, 7) is 12.7. The molecule has 0 aromatic carbocycles. The maximum atomic E-state index is 12.1. The Kier molecular flexibility index (Phi) is 8.66. The zero-order valence-electron chi connectivity index (χ0n) is 17.8. The molecule has 2 heterocycles. The van der Waals surface area contributed by atoms with Crippen LogP contribution >= 0.6 is 15.9 Å². The van der Waals surface area contributed by atoms with E-state index in [1.807, 2.05) is 46.4 Å². The van der Waals surface area contributed by atoms with Gasteiger partial charge < -0.3 is 19.7 Å². The highest BCUT2D eigenvalue weighted by molar-refractivity contribution is 9.10. The number of carbonyl (C=O) groups excluding carboxylic acids is 2. The van der Waals surface area contributed by atoms with E-state index in [-0.39, 0.29) is 11.2 Å². The third-order valence-electron chi connectivity index (χ3n) is 4.07.